The third-order valence-corrected chi connectivity index (χ3v) is 4.10. The van der Waals surface area contributed by atoms with Crippen LogP contribution < -0.4 is 5.32 Å². The summed E-state index contributed by atoms with van der Waals surface area (Å²) in [6.07, 6.45) is 0.487. The Morgan fingerprint density at radius 3 is 2.62 bits per heavy atom. The van der Waals surface area contributed by atoms with Crippen LogP contribution in [0.15, 0.2) is 57.4 Å². The summed E-state index contributed by atoms with van der Waals surface area (Å²) in [7, 11) is 0. The van der Waals surface area contributed by atoms with E-state index in [2.05, 4.69) is 31.4 Å². The molecule has 1 N–H and O–H groups in total. The van der Waals surface area contributed by atoms with E-state index in [4.69, 9.17) is 4.42 Å². The maximum atomic E-state index is 12.0. The Balaban J connectivity index is 1.57. The molecule has 24 heavy (non-hydrogen) atoms. The Labute approximate surface area is 148 Å². The summed E-state index contributed by atoms with van der Waals surface area (Å²) in [4.78, 5) is 12.0. The molecule has 3 rings (SSSR count). The zero-order valence-corrected chi connectivity index (χ0v) is 14.7. The van der Waals surface area contributed by atoms with Crippen LogP contribution in [-0.4, -0.2) is 22.6 Å². The molecular weight excluding hydrogens is 370 g/mol. The topological polar surface area (TPSA) is 68.0 Å². The molecule has 0 radical (unpaired) electrons. The SMILES string of the molecule is Cc1ccccc1-c1nnc(CCNC(=O)c2ccc(Br)cc2)o1. The van der Waals surface area contributed by atoms with Crippen molar-refractivity contribution >= 4 is 21.8 Å². The molecule has 2 aromatic carbocycles. The summed E-state index contributed by atoms with van der Waals surface area (Å²) in [6, 6.07) is 15.0. The van der Waals surface area contributed by atoms with Crippen molar-refractivity contribution in [2.24, 2.45) is 0 Å². The van der Waals surface area contributed by atoms with Crippen LogP contribution in [0.5, 0.6) is 0 Å². The Kier molecular flexibility index (Phi) is 5.05. The number of aromatic nitrogens is 2. The van der Waals surface area contributed by atoms with Crippen LogP contribution in [0.3, 0.4) is 0 Å². The van der Waals surface area contributed by atoms with Crippen molar-refractivity contribution in [2.75, 3.05) is 6.54 Å². The van der Waals surface area contributed by atoms with Crippen LogP contribution in [0.4, 0.5) is 0 Å². The van der Waals surface area contributed by atoms with Gasteiger partial charge >= 0.3 is 0 Å². The smallest absolute Gasteiger partial charge is 0.251 e. The Morgan fingerprint density at radius 1 is 1.12 bits per heavy atom. The zero-order chi connectivity index (χ0) is 16.9. The molecule has 0 aliphatic carbocycles. The minimum atomic E-state index is -0.124. The lowest BCUT2D eigenvalue weighted by Gasteiger charge is -2.03. The molecule has 0 unspecified atom stereocenters. The van der Waals surface area contributed by atoms with Gasteiger partial charge < -0.3 is 9.73 Å². The fourth-order valence-electron chi connectivity index (χ4n) is 2.26. The predicted octanol–water partition coefficient (Wildman–Crippen LogP) is 3.78. The summed E-state index contributed by atoms with van der Waals surface area (Å²) < 4.78 is 6.61. The van der Waals surface area contributed by atoms with Crippen molar-refractivity contribution in [3.05, 3.63) is 70.0 Å². The fourth-order valence-corrected chi connectivity index (χ4v) is 2.53. The number of rotatable bonds is 5. The maximum Gasteiger partial charge on any atom is 0.251 e. The van der Waals surface area contributed by atoms with E-state index in [0.717, 1.165) is 15.6 Å². The normalized spacial score (nSPS) is 10.6. The molecule has 0 saturated heterocycles. The van der Waals surface area contributed by atoms with E-state index in [1.165, 1.54) is 0 Å². The van der Waals surface area contributed by atoms with Gasteiger partial charge in [0.25, 0.3) is 5.91 Å². The highest BCUT2D eigenvalue weighted by Gasteiger charge is 2.11. The maximum absolute atomic E-state index is 12.0. The number of amides is 1. The van der Waals surface area contributed by atoms with Gasteiger partial charge in [0.2, 0.25) is 11.8 Å². The van der Waals surface area contributed by atoms with Gasteiger partial charge in [-0.1, -0.05) is 34.1 Å². The molecule has 1 heterocycles. The molecule has 1 aromatic heterocycles. The van der Waals surface area contributed by atoms with Gasteiger partial charge in [0, 0.05) is 28.6 Å². The Hall–Kier alpha value is -2.47. The molecule has 0 spiro atoms. The largest absolute Gasteiger partial charge is 0.421 e. The summed E-state index contributed by atoms with van der Waals surface area (Å²) in [5.74, 6) is 0.882. The average Bonchev–Trinajstić information content (AvgIpc) is 3.04. The second-order valence-corrected chi connectivity index (χ2v) is 6.24. The molecule has 0 fully saturated rings. The number of nitrogens with zero attached hydrogens (tertiary/aromatic N) is 2. The van der Waals surface area contributed by atoms with Gasteiger partial charge in [-0.25, -0.2) is 0 Å². The molecule has 0 saturated carbocycles. The number of hydrogen-bond donors (Lipinski definition) is 1. The first-order valence-corrected chi connectivity index (χ1v) is 8.35. The third kappa shape index (κ3) is 3.89. The van der Waals surface area contributed by atoms with E-state index < -0.39 is 0 Å². The first-order valence-electron chi connectivity index (χ1n) is 7.55. The molecule has 0 aliphatic rings. The van der Waals surface area contributed by atoms with Crippen LogP contribution in [0.1, 0.15) is 21.8 Å². The third-order valence-electron chi connectivity index (χ3n) is 3.57. The minimum absolute atomic E-state index is 0.124. The quantitative estimate of drug-likeness (QED) is 0.725. The van der Waals surface area contributed by atoms with Gasteiger partial charge in [-0.3, -0.25) is 4.79 Å². The number of halogens is 1. The highest BCUT2D eigenvalue weighted by Crippen LogP contribution is 2.21. The Bertz CT molecular complexity index is 843. The number of carbonyl (C=O) groups excluding carboxylic acids is 1. The Morgan fingerprint density at radius 2 is 1.88 bits per heavy atom. The zero-order valence-electron chi connectivity index (χ0n) is 13.1. The molecule has 1 amide bonds. The number of benzene rings is 2. The summed E-state index contributed by atoms with van der Waals surface area (Å²) in [5.41, 5.74) is 2.62. The summed E-state index contributed by atoms with van der Waals surface area (Å²) in [5, 5.41) is 11.0. The molecule has 0 atom stereocenters. The van der Waals surface area contributed by atoms with Gasteiger partial charge in [0.05, 0.1) is 0 Å². The first-order chi connectivity index (χ1) is 11.6. The van der Waals surface area contributed by atoms with Crippen molar-refractivity contribution in [1.82, 2.24) is 15.5 Å². The number of carbonyl (C=O) groups is 1. The second kappa shape index (κ2) is 7.40. The summed E-state index contributed by atoms with van der Waals surface area (Å²) in [6.45, 7) is 2.43. The van der Waals surface area contributed by atoms with Crippen molar-refractivity contribution < 1.29 is 9.21 Å². The van der Waals surface area contributed by atoms with Gasteiger partial charge in [-0.15, -0.1) is 10.2 Å². The molecule has 6 heteroatoms. The van der Waals surface area contributed by atoms with E-state index in [9.17, 15) is 4.79 Å². The highest BCUT2D eigenvalue weighted by molar-refractivity contribution is 9.10. The van der Waals surface area contributed by atoms with Gasteiger partial charge in [0.1, 0.15) is 0 Å². The first kappa shape index (κ1) is 16.4. The lowest BCUT2D eigenvalue weighted by molar-refractivity contribution is 0.0953. The van der Waals surface area contributed by atoms with E-state index >= 15 is 0 Å². The van der Waals surface area contributed by atoms with Crippen LogP contribution in [-0.2, 0) is 6.42 Å². The van der Waals surface area contributed by atoms with Crippen molar-refractivity contribution in [2.45, 2.75) is 13.3 Å². The average molecular weight is 386 g/mol. The van der Waals surface area contributed by atoms with E-state index in [-0.39, 0.29) is 5.91 Å². The standard InChI is InChI=1S/C18H16BrN3O2/c1-12-4-2-3-5-15(12)18-22-21-16(24-18)10-11-20-17(23)13-6-8-14(19)9-7-13/h2-9H,10-11H2,1H3,(H,20,23). The second-order valence-electron chi connectivity index (χ2n) is 5.33. The van der Waals surface area contributed by atoms with Crippen LogP contribution in [0.2, 0.25) is 0 Å². The van der Waals surface area contributed by atoms with Crippen molar-refractivity contribution in [1.29, 1.82) is 0 Å². The molecule has 3 aromatic rings. The van der Waals surface area contributed by atoms with Gasteiger partial charge in [-0.2, -0.15) is 0 Å². The molecule has 0 aliphatic heterocycles. The number of nitrogens with one attached hydrogen (secondary N) is 1. The molecular formula is C18H16BrN3O2. The van der Waals surface area contributed by atoms with Crippen LogP contribution in [0.25, 0.3) is 11.5 Å². The lowest BCUT2D eigenvalue weighted by atomic mass is 10.1. The lowest BCUT2D eigenvalue weighted by Crippen LogP contribution is -2.25. The monoisotopic (exact) mass is 385 g/mol. The van der Waals surface area contributed by atoms with Crippen molar-refractivity contribution in [3.63, 3.8) is 0 Å². The van der Waals surface area contributed by atoms with E-state index in [1.54, 1.807) is 12.1 Å². The van der Waals surface area contributed by atoms with E-state index in [0.29, 0.717) is 30.3 Å². The molecule has 5 nitrogen and oxygen atoms in total. The van der Waals surface area contributed by atoms with E-state index in [1.807, 2.05) is 43.3 Å². The van der Waals surface area contributed by atoms with Crippen molar-refractivity contribution in [3.8, 4) is 11.5 Å². The fraction of sp³-hybridized carbons (Fsp3) is 0.167. The molecule has 0 bridgehead atoms. The number of aryl methyl sites for hydroxylation is 1. The number of hydrogen-bond acceptors (Lipinski definition) is 4. The van der Waals surface area contributed by atoms with Gasteiger partial charge in [-0.05, 0) is 42.8 Å². The minimum Gasteiger partial charge on any atom is -0.421 e. The molecule has 122 valence electrons. The van der Waals surface area contributed by atoms with Gasteiger partial charge in [0.15, 0.2) is 0 Å². The predicted molar refractivity (Wildman–Crippen MR) is 94.7 cm³/mol. The van der Waals surface area contributed by atoms with Crippen LogP contribution >= 0.6 is 15.9 Å². The highest BCUT2D eigenvalue weighted by atomic mass is 79.9. The van der Waals surface area contributed by atoms with Crippen LogP contribution in [0, 0.1) is 6.92 Å². The summed E-state index contributed by atoms with van der Waals surface area (Å²) >= 11 is 3.35.